The molecule has 290 valence electrons. The van der Waals surface area contributed by atoms with Gasteiger partial charge in [0.05, 0.1) is 0 Å². The Morgan fingerprint density at radius 3 is 1.13 bits per heavy atom. The van der Waals surface area contributed by atoms with Crippen molar-refractivity contribution < 1.29 is 19.1 Å². The Kier molecular flexibility index (Phi) is 28.1. The zero-order valence-electron chi connectivity index (χ0n) is 33.4. The number of carbonyl (C=O) groups excluding carboxylic acids is 2. The van der Waals surface area contributed by atoms with E-state index in [1.165, 1.54) is 147 Å². The second-order valence-corrected chi connectivity index (χ2v) is 14.8. The van der Waals surface area contributed by atoms with E-state index in [-0.39, 0.29) is 11.9 Å². The highest BCUT2D eigenvalue weighted by Gasteiger charge is 2.06. The molecule has 52 heavy (non-hydrogen) atoms. The quantitative estimate of drug-likeness (QED) is 0.0392. The Morgan fingerprint density at radius 1 is 0.365 bits per heavy atom. The number of benzene rings is 3. The molecule has 0 unspecified atom stereocenters. The lowest BCUT2D eigenvalue weighted by atomic mass is 10.0. The average Bonchev–Trinajstić information content (AvgIpc) is 3.16. The minimum atomic E-state index is -0.113. The van der Waals surface area contributed by atoms with Crippen LogP contribution in [0.1, 0.15) is 194 Å². The van der Waals surface area contributed by atoms with E-state index >= 15 is 0 Å². The minimum Gasteiger partial charge on any atom is -0.427 e. The minimum absolute atomic E-state index is 0.107. The molecule has 3 aromatic carbocycles. The zero-order chi connectivity index (χ0) is 37.2. The molecule has 3 rings (SSSR count). The summed E-state index contributed by atoms with van der Waals surface area (Å²) in [5.74, 6) is 1.08. The molecule has 0 saturated heterocycles. The van der Waals surface area contributed by atoms with Gasteiger partial charge in [-0.2, -0.15) is 0 Å². The van der Waals surface area contributed by atoms with Crippen LogP contribution in [-0.2, 0) is 9.59 Å². The van der Waals surface area contributed by atoms with E-state index in [0.717, 1.165) is 31.1 Å². The predicted octanol–water partition coefficient (Wildman–Crippen LogP) is 15.3. The Labute approximate surface area is 318 Å². The first kappa shape index (κ1) is 45.0. The van der Waals surface area contributed by atoms with Crippen LogP contribution in [0.25, 0.3) is 10.8 Å². The highest BCUT2D eigenvalue weighted by molar-refractivity contribution is 5.84. The van der Waals surface area contributed by atoms with Crippen molar-refractivity contribution in [3.05, 3.63) is 72.8 Å². The summed E-state index contributed by atoms with van der Waals surface area (Å²) in [4.78, 5) is 23.7. The first-order valence-electron chi connectivity index (χ1n) is 21.6. The predicted molar refractivity (Wildman–Crippen MR) is 222 cm³/mol. The first-order valence-corrected chi connectivity index (χ1v) is 21.6. The molecular weight excluding hydrogens is 641 g/mol. The third-order valence-electron chi connectivity index (χ3n) is 9.90. The molecule has 0 spiro atoms. The van der Waals surface area contributed by atoms with Crippen LogP contribution in [-0.4, -0.2) is 11.9 Å². The van der Waals surface area contributed by atoms with Gasteiger partial charge in [0, 0.05) is 12.8 Å². The third-order valence-corrected chi connectivity index (χ3v) is 9.90. The number of hydrogen-bond acceptors (Lipinski definition) is 4. The van der Waals surface area contributed by atoms with Crippen molar-refractivity contribution in [2.45, 2.75) is 194 Å². The molecule has 0 aliphatic carbocycles. The highest BCUT2D eigenvalue weighted by Crippen LogP contribution is 2.21. The van der Waals surface area contributed by atoms with Crippen LogP contribution in [0.4, 0.5) is 0 Å². The maximum Gasteiger partial charge on any atom is 0.311 e. The van der Waals surface area contributed by atoms with Crippen molar-refractivity contribution in [2.75, 3.05) is 0 Å². The molecule has 0 saturated carbocycles. The van der Waals surface area contributed by atoms with Gasteiger partial charge in [0.1, 0.15) is 11.5 Å². The van der Waals surface area contributed by atoms with E-state index in [2.05, 4.69) is 19.9 Å². The van der Waals surface area contributed by atoms with Gasteiger partial charge in [0.2, 0.25) is 0 Å². The highest BCUT2D eigenvalue weighted by atomic mass is 16.5. The van der Waals surface area contributed by atoms with Gasteiger partial charge in [-0.3, -0.25) is 9.59 Å². The molecule has 0 atom stereocenters. The Morgan fingerprint density at radius 2 is 0.712 bits per heavy atom. The molecule has 4 nitrogen and oxygen atoms in total. The number of hydrogen-bond donors (Lipinski definition) is 0. The summed E-state index contributed by atoms with van der Waals surface area (Å²) in [5.41, 5.74) is 0. The summed E-state index contributed by atoms with van der Waals surface area (Å²) in [7, 11) is 0. The Hall–Kier alpha value is -3.14. The summed E-state index contributed by atoms with van der Waals surface area (Å²) >= 11 is 0. The third kappa shape index (κ3) is 24.9. The number of ether oxygens (including phenoxy) is 2. The first-order chi connectivity index (χ1) is 25.6. The van der Waals surface area contributed by atoms with Gasteiger partial charge in [-0.25, -0.2) is 0 Å². The van der Waals surface area contributed by atoms with Gasteiger partial charge >= 0.3 is 11.9 Å². The second-order valence-electron chi connectivity index (χ2n) is 14.8. The van der Waals surface area contributed by atoms with Gasteiger partial charge in [-0.1, -0.05) is 216 Å². The van der Waals surface area contributed by atoms with E-state index in [4.69, 9.17) is 9.47 Å². The van der Waals surface area contributed by atoms with Crippen LogP contribution in [0.2, 0.25) is 0 Å². The van der Waals surface area contributed by atoms with Gasteiger partial charge in [-0.15, -0.1) is 0 Å². The molecule has 0 bridgehead atoms. The number of rotatable bonds is 30. The lowest BCUT2D eigenvalue weighted by Crippen LogP contribution is -2.07. The molecule has 0 aromatic heterocycles. The summed E-state index contributed by atoms with van der Waals surface area (Å²) in [6.45, 7) is 4.54. The molecule has 0 aliphatic rings. The maximum absolute atomic E-state index is 12.0. The van der Waals surface area contributed by atoms with Crippen LogP contribution >= 0.6 is 0 Å². The van der Waals surface area contributed by atoms with Gasteiger partial charge < -0.3 is 9.47 Å². The van der Waals surface area contributed by atoms with Crippen molar-refractivity contribution in [3.63, 3.8) is 0 Å². The Balaban J connectivity index is 0.000000365. The van der Waals surface area contributed by atoms with Crippen LogP contribution < -0.4 is 9.47 Å². The standard InChI is InChI=1S/C26H38O2.C22H36O2/c1-2-3-4-5-6-7-8-9-10-11-12-13-14-19-26(27)28-25-21-20-23-17-15-16-18-24(23)22-25;1-2-3-4-5-6-7-8-9-10-11-12-13-17-20-22(23)24-21-18-15-14-16-19-21/h15-18,20-22H,2-14,19H2,1H3;14-16,18-19H,2-13,17,20H2,1H3. The number of carbonyl (C=O) groups is 2. The van der Waals surface area contributed by atoms with E-state index < -0.39 is 0 Å². The van der Waals surface area contributed by atoms with Crippen molar-refractivity contribution in [3.8, 4) is 11.5 Å². The van der Waals surface area contributed by atoms with Crippen molar-refractivity contribution in [2.24, 2.45) is 0 Å². The van der Waals surface area contributed by atoms with Crippen molar-refractivity contribution in [1.82, 2.24) is 0 Å². The summed E-state index contributed by atoms with van der Waals surface area (Å²) in [6, 6.07) is 23.3. The molecular formula is C48H74O4. The van der Waals surface area contributed by atoms with Crippen LogP contribution in [0.3, 0.4) is 0 Å². The van der Waals surface area contributed by atoms with E-state index in [1.807, 2.05) is 66.7 Å². The van der Waals surface area contributed by atoms with Crippen molar-refractivity contribution in [1.29, 1.82) is 0 Å². The number of esters is 2. The van der Waals surface area contributed by atoms with Crippen LogP contribution in [0.15, 0.2) is 72.8 Å². The lowest BCUT2D eigenvalue weighted by Gasteiger charge is -2.06. The normalized spacial score (nSPS) is 10.9. The fourth-order valence-electron chi connectivity index (χ4n) is 6.66. The zero-order valence-corrected chi connectivity index (χ0v) is 33.4. The summed E-state index contributed by atoms with van der Waals surface area (Å²) in [5, 5.41) is 2.27. The fraction of sp³-hybridized carbons (Fsp3) is 0.625. The number of unbranched alkanes of at least 4 members (excludes halogenated alkanes) is 24. The molecule has 0 fully saturated rings. The van der Waals surface area contributed by atoms with Crippen molar-refractivity contribution >= 4 is 22.7 Å². The summed E-state index contributed by atoms with van der Waals surface area (Å²) in [6.07, 6.45) is 35.3. The largest absolute Gasteiger partial charge is 0.427 e. The number of para-hydroxylation sites is 1. The van der Waals surface area contributed by atoms with E-state index in [1.54, 1.807) is 0 Å². The molecule has 0 heterocycles. The van der Waals surface area contributed by atoms with Gasteiger partial charge in [0.15, 0.2) is 0 Å². The van der Waals surface area contributed by atoms with E-state index in [0.29, 0.717) is 24.3 Å². The summed E-state index contributed by atoms with van der Waals surface area (Å²) < 4.78 is 10.8. The lowest BCUT2D eigenvalue weighted by molar-refractivity contribution is -0.135. The molecule has 0 aliphatic heterocycles. The fourth-order valence-corrected chi connectivity index (χ4v) is 6.66. The topological polar surface area (TPSA) is 52.6 Å². The smallest absolute Gasteiger partial charge is 0.311 e. The monoisotopic (exact) mass is 715 g/mol. The molecule has 0 amide bonds. The molecule has 4 heteroatoms. The SMILES string of the molecule is CCCCCCCCCCCCCCCC(=O)Oc1ccc2ccccc2c1.CCCCCCCCCCCCCCCC(=O)Oc1ccccc1. The Bertz CT molecular complexity index is 1270. The molecule has 0 N–H and O–H groups in total. The molecule has 3 aromatic rings. The van der Waals surface area contributed by atoms with Crippen LogP contribution in [0, 0.1) is 0 Å². The van der Waals surface area contributed by atoms with Gasteiger partial charge in [0.25, 0.3) is 0 Å². The number of fused-ring (bicyclic) bond motifs is 1. The molecule has 0 radical (unpaired) electrons. The van der Waals surface area contributed by atoms with Crippen LogP contribution in [0.5, 0.6) is 11.5 Å². The average molecular weight is 715 g/mol. The maximum atomic E-state index is 12.0. The second kappa shape index (κ2) is 32.5. The van der Waals surface area contributed by atoms with Gasteiger partial charge in [-0.05, 0) is 47.9 Å². The van der Waals surface area contributed by atoms with E-state index in [9.17, 15) is 9.59 Å².